The van der Waals surface area contributed by atoms with E-state index in [0.29, 0.717) is 0 Å². The molecule has 12 rings (SSSR count). The van der Waals surface area contributed by atoms with Crippen LogP contribution in [0.2, 0.25) is 0 Å². The molecule has 0 N–H and O–H groups in total. The van der Waals surface area contributed by atoms with Crippen LogP contribution in [0.5, 0.6) is 0 Å². The van der Waals surface area contributed by atoms with Crippen molar-refractivity contribution in [3.8, 4) is 50.2 Å². The molecule has 0 radical (unpaired) electrons. The van der Waals surface area contributed by atoms with Crippen LogP contribution in [0.3, 0.4) is 0 Å². The van der Waals surface area contributed by atoms with Crippen molar-refractivity contribution < 1.29 is 4.42 Å². The van der Waals surface area contributed by atoms with E-state index in [1.165, 1.54) is 76.7 Å². The van der Waals surface area contributed by atoms with Gasteiger partial charge in [-0.05, 0) is 103 Å². The van der Waals surface area contributed by atoms with E-state index in [2.05, 4.69) is 217 Å². The summed E-state index contributed by atoms with van der Waals surface area (Å²) in [6.45, 7) is 0. The van der Waals surface area contributed by atoms with Gasteiger partial charge >= 0.3 is 0 Å². The van der Waals surface area contributed by atoms with Gasteiger partial charge in [-0.1, -0.05) is 170 Å². The van der Waals surface area contributed by atoms with Crippen LogP contribution in [0.25, 0.3) is 115 Å². The minimum Gasteiger partial charge on any atom is -0.455 e. The minimum atomic E-state index is 0.899. The monoisotopic (exact) mass is 737 g/mol. The van der Waals surface area contributed by atoms with E-state index in [0.717, 1.165) is 38.8 Å². The van der Waals surface area contributed by atoms with E-state index in [9.17, 15) is 0 Å². The molecule has 0 unspecified atom stereocenters. The highest BCUT2D eigenvalue weighted by Crippen LogP contribution is 2.44. The maximum absolute atomic E-state index is 6.51. The van der Waals surface area contributed by atoms with Crippen molar-refractivity contribution in [1.82, 2.24) is 4.57 Å². The van der Waals surface area contributed by atoms with Crippen molar-refractivity contribution in [3.05, 3.63) is 212 Å². The van der Waals surface area contributed by atoms with Crippen LogP contribution < -0.4 is 0 Å². The molecule has 270 valence electrons. The Morgan fingerprint density at radius 3 is 1.43 bits per heavy atom. The Labute approximate surface area is 335 Å². The molecule has 2 aromatic heterocycles. The zero-order valence-electron chi connectivity index (χ0n) is 31.6. The minimum absolute atomic E-state index is 0.899. The lowest BCUT2D eigenvalue weighted by Crippen LogP contribution is -1.94. The van der Waals surface area contributed by atoms with Gasteiger partial charge in [0.25, 0.3) is 0 Å². The third kappa shape index (κ3) is 4.99. The van der Waals surface area contributed by atoms with Crippen molar-refractivity contribution in [3.63, 3.8) is 0 Å². The number of para-hydroxylation sites is 2. The van der Waals surface area contributed by atoms with Crippen molar-refractivity contribution in [2.24, 2.45) is 0 Å². The van der Waals surface area contributed by atoms with Gasteiger partial charge in [0, 0.05) is 32.8 Å². The fraction of sp³-hybridized carbons (Fsp3) is 0. The Hall–Kier alpha value is -7.68. The molecule has 2 nitrogen and oxygen atoms in total. The molecule has 0 aliphatic rings. The topological polar surface area (TPSA) is 18.1 Å². The summed E-state index contributed by atoms with van der Waals surface area (Å²) in [5.41, 5.74) is 14.9. The molecule has 0 fully saturated rings. The van der Waals surface area contributed by atoms with Crippen molar-refractivity contribution in [2.75, 3.05) is 0 Å². The second-order valence-electron chi connectivity index (χ2n) is 15.2. The van der Waals surface area contributed by atoms with Crippen molar-refractivity contribution in [2.45, 2.75) is 0 Å². The number of hydrogen-bond acceptors (Lipinski definition) is 1. The van der Waals surface area contributed by atoms with Crippen LogP contribution in [-0.4, -0.2) is 4.57 Å². The van der Waals surface area contributed by atoms with Gasteiger partial charge in [0.2, 0.25) is 0 Å². The number of benzene rings is 10. The first-order chi connectivity index (χ1) is 28.8. The molecule has 10 aromatic carbocycles. The summed E-state index contributed by atoms with van der Waals surface area (Å²) in [6.07, 6.45) is 0. The molecular formula is C56H35NO. The summed E-state index contributed by atoms with van der Waals surface area (Å²) in [7, 11) is 0. The van der Waals surface area contributed by atoms with Gasteiger partial charge < -0.3 is 8.98 Å². The average molecular weight is 738 g/mol. The van der Waals surface area contributed by atoms with Gasteiger partial charge in [-0.3, -0.25) is 0 Å². The van der Waals surface area contributed by atoms with E-state index in [4.69, 9.17) is 4.42 Å². The van der Waals surface area contributed by atoms with Gasteiger partial charge in [-0.2, -0.15) is 0 Å². The average Bonchev–Trinajstić information content (AvgIpc) is 3.84. The SMILES string of the molecule is c1ccc(-c2c3ccccc3c(-c3ccc(-n4c5ccccc5c5cc(-c6ccc7oc8c(-c9ccccc9)cccc8c7c6)ccc54)cc3)c3ccccc23)cc1. The molecule has 0 spiro atoms. The normalized spacial score (nSPS) is 11.8. The predicted molar refractivity (Wildman–Crippen MR) is 245 cm³/mol. The lowest BCUT2D eigenvalue weighted by atomic mass is 9.86. The van der Waals surface area contributed by atoms with E-state index in [-0.39, 0.29) is 0 Å². The van der Waals surface area contributed by atoms with Gasteiger partial charge in [-0.15, -0.1) is 0 Å². The van der Waals surface area contributed by atoms with Crippen LogP contribution in [0.1, 0.15) is 0 Å². The Balaban J connectivity index is 0.979. The molecule has 0 saturated heterocycles. The Bertz CT molecular complexity index is 3480. The zero-order chi connectivity index (χ0) is 38.2. The molecule has 0 bridgehead atoms. The molecule has 2 heteroatoms. The Morgan fingerprint density at radius 2 is 0.776 bits per heavy atom. The number of furan rings is 1. The summed E-state index contributed by atoms with van der Waals surface area (Å²) in [4.78, 5) is 0. The number of aromatic nitrogens is 1. The molecule has 12 aromatic rings. The number of hydrogen-bond donors (Lipinski definition) is 0. The zero-order valence-corrected chi connectivity index (χ0v) is 31.6. The summed E-state index contributed by atoms with van der Waals surface area (Å²) in [5.74, 6) is 0. The highest BCUT2D eigenvalue weighted by molar-refractivity contribution is 6.21. The Morgan fingerprint density at radius 1 is 0.293 bits per heavy atom. The predicted octanol–water partition coefficient (Wildman–Crippen LogP) is 15.7. The third-order valence-electron chi connectivity index (χ3n) is 12.0. The molecule has 0 amide bonds. The van der Waals surface area contributed by atoms with Crippen LogP contribution in [0, 0.1) is 0 Å². The first kappa shape index (κ1) is 32.6. The lowest BCUT2D eigenvalue weighted by molar-refractivity contribution is 0.670. The fourth-order valence-corrected chi connectivity index (χ4v) is 9.39. The quantitative estimate of drug-likeness (QED) is 0.161. The van der Waals surface area contributed by atoms with Crippen LogP contribution in [0.15, 0.2) is 217 Å². The number of nitrogens with zero attached hydrogens (tertiary/aromatic N) is 1. The summed E-state index contributed by atoms with van der Waals surface area (Å²) in [6, 6.07) is 76.9. The van der Waals surface area contributed by atoms with E-state index in [1.807, 2.05) is 0 Å². The molecular weight excluding hydrogens is 703 g/mol. The van der Waals surface area contributed by atoms with Gasteiger partial charge in [0.15, 0.2) is 0 Å². The number of rotatable bonds is 5. The van der Waals surface area contributed by atoms with Crippen molar-refractivity contribution >= 4 is 65.3 Å². The van der Waals surface area contributed by atoms with E-state index >= 15 is 0 Å². The fourth-order valence-electron chi connectivity index (χ4n) is 9.39. The summed E-state index contributed by atoms with van der Waals surface area (Å²) in [5, 5.41) is 9.78. The maximum Gasteiger partial charge on any atom is 0.143 e. The summed E-state index contributed by atoms with van der Waals surface area (Å²) < 4.78 is 8.92. The number of fused-ring (bicyclic) bond motifs is 8. The van der Waals surface area contributed by atoms with E-state index < -0.39 is 0 Å². The standard InChI is InChI=1S/C56H35NO/c1-3-14-36(15-4-1)42-23-13-24-48-50-35-40(29-33-53(50)58-56(42)48)39-28-32-52-49(34-39)43-18-11-12-25-51(43)57(52)41-30-26-38(27-31-41)55-46-21-9-7-19-44(46)54(37-16-5-2-6-17-37)45-20-8-10-22-47(45)55/h1-35H. The highest BCUT2D eigenvalue weighted by Gasteiger charge is 2.19. The van der Waals surface area contributed by atoms with Crippen molar-refractivity contribution in [1.29, 1.82) is 0 Å². The second kappa shape index (κ2) is 12.9. The lowest BCUT2D eigenvalue weighted by Gasteiger charge is -2.18. The Kier molecular flexibility index (Phi) is 7.26. The van der Waals surface area contributed by atoms with Crippen LogP contribution in [0.4, 0.5) is 0 Å². The third-order valence-corrected chi connectivity index (χ3v) is 12.0. The molecule has 0 aliphatic carbocycles. The first-order valence-electron chi connectivity index (χ1n) is 19.9. The molecule has 2 heterocycles. The first-order valence-corrected chi connectivity index (χ1v) is 19.9. The van der Waals surface area contributed by atoms with Crippen LogP contribution >= 0.6 is 0 Å². The molecule has 58 heavy (non-hydrogen) atoms. The van der Waals surface area contributed by atoms with E-state index in [1.54, 1.807) is 0 Å². The molecule has 0 aliphatic heterocycles. The van der Waals surface area contributed by atoms with Crippen LogP contribution in [-0.2, 0) is 0 Å². The summed E-state index contributed by atoms with van der Waals surface area (Å²) >= 11 is 0. The molecule has 0 atom stereocenters. The molecule has 0 saturated carbocycles. The maximum atomic E-state index is 6.51. The second-order valence-corrected chi connectivity index (χ2v) is 15.2. The van der Waals surface area contributed by atoms with Gasteiger partial charge in [0.05, 0.1) is 11.0 Å². The largest absolute Gasteiger partial charge is 0.455 e. The van der Waals surface area contributed by atoms with Gasteiger partial charge in [0.1, 0.15) is 11.2 Å². The smallest absolute Gasteiger partial charge is 0.143 e. The highest BCUT2D eigenvalue weighted by atomic mass is 16.3. The van der Waals surface area contributed by atoms with Gasteiger partial charge in [-0.25, -0.2) is 0 Å².